The summed E-state index contributed by atoms with van der Waals surface area (Å²) in [6, 6.07) is 13.2. The van der Waals surface area contributed by atoms with Crippen LogP contribution in [0.25, 0.3) is 0 Å². The number of nitrogens with one attached hydrogen (secondary N) is 1. The van der Waals surface area contributed by atoms with E-state index >= 15 is 0 Å². The lowest BCUT2D eigenvalue weighted by molar-refractivity contribution is 0.0955. The van der Waals surface area contributed by atoms with Crippen molar-refractivity contribution < 1.29 is 9.90 Å². The van der Waals surface area contributed by atoms with E-state index in [-0.39, 0.29) is 11.7 Å². The Morgan fingerprint density at radius 2 is 1.84 bits per heavy atom. The number of halogens is 1. The number of amides is 1. The number of hydrazone groups is 1. The van der Waals surface area contributed by atoms with Crippen molar-refractivity contribution in [3.8, 4) is 5.75 Å². The van der Waals surface area contributed by atoms with Crippen molar-refractivity contribution in [2.75, 3.05) is 0 Å². The molecule has 5 heteroatoms. The van der Waals surface area contributed by atoms with Crippen LogP contribution in [0.5, 0.6) is 5.75 Å². The van der Waals surface area contributed by atoms with E-state index in [1.807, 2.05) is 0 Å². The Kier molecular flexibility index (Phi) is 4.15. The number of para-hydroxylation sites is 1. The van der Waals surface area contributed by atoms with Gasteiger partial charge in [0.15, 0.2) is 0 Å². The molecule has 0 saturated carbocycles. The zero-order chi connectivity index (χ0) is 13.7. The lowest BCUT2D eigenvalue weighted by atomic mass is 10.2. The first-order valence-corrected chi connectivity index (χ1v) is 5.91. The van der Waals surface area contributed by atoms with E-state index in [0.29, 0.717) is 16.1 Å². The Labute approximate surface area is 115 Å². The Morgan fingerprint density at radius 3 is 2.53 bits per heavy atom. The lowest BCUT2D eigenvalue weighted by Crippen LogP contribution is -2.17. The Morgan fingerprint density at radius 1 is 1.16 bits per heavy atom. The number of carbonyl (C=O) groups excluding carboxylic acids is 1. The van der Waals surface area contributed by atoms with Gasteiger partial charge in [0, 0.05) is 16.1 Å². The first-order valence-electron chi connectivity index (χ1n) is 5.54. The average Bonchev–Trinajstić information content (AvgIpc) is 2.41. The maximum atomic E-state index is 11.7. The van der Waals surface area contributed by atoms with Crippen LogP contribution in [0.15, 0.2) is 53.6 Å². The smallest absolute Gasteiger partial charge is 0.271 e. The average molecular weight is 275 g/mol. The fraction of sp³-hybridized carbons (Fsp3) is 0. The summed E-state index contributed by atoms with van der Waals surface area (Å²) in [7, 11) is 0. The molecule has 2 rings (SSSR count). The van der Waals surface area contributed by atoms with Gasteiger partial charge in [-0.05, 0) is 36.4 Å². The highest BCUT2D eigenvalue weighted by molar-refractivity contribution is 6.30. The molecule has 0 aliphatic heterocycles. The number of aromatic hydroxyl groups is 1. The van der Waals surface area contributed by atoms with E-state index in [1.54, 1.807) is 48.5 Å². The van der Waals surface area contributed by atoms with Crippen molar-refractivity contribution >= 4 is 23.7 Å². The number of carbonyl (C=O) groups is 1. The summed E-state index contributed by atoms with van der Waals surface area (Å²) in [6.07, 6.45) is 1.38. The summed E-state index contributed by atoms with van der Waals surface area (Å²) in [5, 5.41) is 13.9. The number of nitrogens with zero attached hydrogens (tertiary/aromatic N) is 1. The minimum atomic E-state index is -0.344. The molecular formula is C14H11ClN2O2. The van der Waals surface area contributed by atoms with Crippen molar-refractivity contribution in [3.05, 3.63) is 64.7 Å². The van der Waals surface area contributed by atoms with Crippen LogP contribution in [0.1, 0.15) is 15.9 Å². The number of rotatable bonds is 3. The molecule has 1 amide bonds. The van der Waals surface area contributed by atoms with Gasteiger partial charge in [0.25, 0.3) is 5.91 Å². The second-order valence-electron chi connectivity index (χ2n) is 3.76. The van der Waals surface area contributed by atoms with Gasteiger partial charge in [-0.3, -0.25) is 4.79 Å². The first kappa shape index (κ1) is 13.1. The predicted molar refractivity (Wildman–Crippen MR) is 74.6 cm³/mol. The van der Waals surface area contributed by atoms with Crippen molar-refractivity contribution in [2.45, 2.75) is 0 Å². The van der Waals surface area contributed by atoms with Gasteiger partial charge in [0.1, 0.15) is 5.75 Å². The molecule has 0 bridgehead atoms. The second-order valence-corrected chi connectivity index (χ2v) is 4.20. The highest BCUT2D eigenvalue weighted by Gasteiger charge is 2.03. The van der Waals surface area contributed by atoms with Crippen molar-refractivity contribution in [1.29, 1.82) is 0 Å². The van der Waals surface area contributed by atoms with Crippen LogP contribution < -0.4 is 5.43 Å². The number of hydrogen-bond donors (Lipinski definition) is 2. The molecule has 2 aromatic carbocycles. The van der Waals surface area contributed by atoms with Gasteiger partial charge in [-0.25, -0.2) is 5.43 Å². The van der Waals surface area contributed by atoms with Crippen LogP contribution in [0.4, 0.5) is 0 Å². The molecule has 0 atom stereocenters. The van der Waals surface area contributed by atoms with E-state index in [9.17, 15) is 9.90 Å². The van der Waals surface area contributed by atoms with Crippen LogP contribution in [-0.2, 0) is 0 Å². The van der Waals surface area contributed by atoms with Gasteiger partial charge in [-0.15, -0.1) is 0 Å². The third kappa shape index (κ3) is 3.56. The van der Waals surface area contributed by atoms with Gasteiger partial charge < -0.3 is 5.11 Å². The summed E-state index contributed by atoms with van der Waals surface area (Å²) in [5.41, 5.74) is 3.35. The molecule has 19 heavy (non-hydrogen) atoms. The summed E-state index contributed by atoms with van der Waals surface area (Å²) in [5.74, 6) is -0.240. The highest BCUT2D eigenvalue weighted by atomic mass is 35.5. The highest BCUT2D eigenvalue weighted by Crippen LogP contribution is 2.12. The van der Waals surface area contributed by atoms with Crippen LogP contribution in [0.2, 0.25) is 5.02 Å². The molecule has 2 N–H and O–H groups in total. The summed E-state index contributed by atoms with van der Waals surface area (Å²) in [6.45, 7) is 0. The molecule has 4 nitrogen and oxygen atoms in total. The maximum absolute atomic E-state index is 11.7. The lowest BCUT2D eigenvalue weighted by Gasteiger charge is -2.00. The van der Waals surface area contributed by atoms with Crippen molar-refractivity contribution in [1.82, 2.24) is 5.43 Å². The zero-order valence-corrected chi connectivity index (χ0v) is 10.6. The number of benzene rings is 2. The minimum Gasteiger partial charge on any atom is -0.507 e. The molecule has 0 saturated heterocycles. The Bertz CT molecular complexity index is 609. The van der Waals surface area contributed by atoms with Gasteiger partial charge in [0.05, 0.1) is 6.21 Å². The van der Waals surface area contributed by atoms with E-state index in [1.165, 1.54) is 6.21 Å². The molecular weight excluding hydrogens is 264 g/mol. The number of phenols is 1. The van der Waals surface area contributed by atoms with Gasteiger partial charge in [0.2, 0.25) is 0 Å². The van der Waals surface area contributed by atoms with Gasteiger partial charge in [-0.1, -0.05) is 23.7 Å². The van der Waals surface area contributed by atoms with Gasteiger partial charge in [-0.2, -0.15) is 5.10 Å². The maximum Gasteiger partial charge on any atom is 0.271 e. The normalized spacial score (nSPS) is 10.6. The molecule has 0 fully saturated rings. The molecule has 0 aromatic heterocycles. The topological polar surface area (TPSA) is 61.7 Å². The molecule has 0 aliphatic carbocycles. The molecule has 0 aliphatic rings. The number of hydrogen-bond acceptors (Lipinski definition) is 3. The Hall–Kier alpha value is -2.33. The van der Waals surface area contributed by atoms with Crippen LogP contribution in [0, 0.1) is 0 Å². The van der Waals surface area contributed by atoms with Crippen LogP contribution in [0.3, 0.4) is 0 Å². The second kappa shape index (κ2) is 6.02. The Balaban J connectivity index is 2.01. The molecule has 2 aromatic rings. The van der Waals surface area contributed by atoms with Crippen molar-refractivity contribution in [2.24, 2.45) is 5.10 Å². The SMILES string of the molecule is O=C(N/N=C/c1ccccc1O)c1ccc(Cl)cc1. The fourth-order valence-corrected chi connectivity index (χ4v) is 1.55. The largest absolute Gasteiger partial charge is 0.507 e. The molecule has 0 heterocycles. The summed E-state index contributed by atoms with van der Waals surface area (Å²) in [4.78, 5) is 11.7. The standard InChI is InChI=1S/C14H11ClN2O2/c15-12-7-5-10(6-8-12)14(19)17-16-9-11-3-1-2-4-13(11)18/h1-9,18H,(H,17,19)/b16-9+. The molecule has 0 unspecified atom stereocenters. The monoisotopic (exact) mass is 274 g/mol. The quantitative estimate of drug-likeness (QED) is 0.668. The van der Waals surface area contributed by atoms with Crippen LogP contribution >= 0.6 is 11.6 Å². The summed E-state index contributed by atoms with van der Waals surface area (Å²) < 4.78 is 0. The molecule has 0 spiro atoms. The van der Waals surface area contributed by atoms with E-state index in [2.05, 4.69) is 10.5 Å². The molecule has 96 valence electrons. The third-order valence-electron chi connectivity index (χ3n) is 2.41. The summed E-state index contributed by atoms with van der Waals surface area (Å²) >= 11 is 5.73. The van der Waals surface area contributed by atoms with Gasteiger partial charge >= 0.3 is 0 Å². The van der Waals surface area contributed by atoms with E-state index in [4.69, 9.17) is 11.6 Å². The molecule has 0 radical (unpaired) electrons. The van der Waals surface area contributed by atoms with Crippen LogP contribution in [-0.4, -0.2) is 17.2 Å². The fourth-order valence-electron chi connectivity index (χ4n) is 1.42. The number of phenolic OH excluding ortho intramolecular Hbond substituents is 1. The van der Waals surface area contributed by atoms with E-state index < -0.39 is 0 Å². The zero-order valence-electron chi connectivity index (χ0n) is 9.88. The third-order valence-corrected chi connectivity index (χ3v) is 2.66. The predicted octanol–water partition coefficient (Wildman–Crippen LogP) is 2.81. The van der Waals surface area contributed by atoms with Crippen molar-refractivity contribution in [3.63, 3.8) is 0 Å². The van der Waals surface area contributed by atoms with E-state index in [0.717, 1.165) is 0 Å². The minimum absolute atomic E-state index is 0.104. The first-order chi connectivity index (χ1) is 9.16.